The summed E-state index contributed by atoms with van der Waals surface area (Å²) in [6, 6.07) is 4.54. The van der Waals surface area contributed by atoms with Crippen molar-refractivity contribution in [3.63, 3.8) is 0 Å². The molecule has 2 fully saturated rings. The van der Waals surface area contributed by atoms with Crippen LogP contribution in [-0.4, -0.2) is 52.9 Å². The van der Waals surface area contributed by atoms with Crippen molar-refractivity contribution in [3.05, 3.63) is 33.9 Å². The van der Waals surface area contributed by atoms with E-state index in [1.807, 2.05) is 0 Å². The Morgan fingerprint density at radius 3 is 2.90 bits per heavy atom. The highest BCUT2D eigenvalue weighted by Gasteiger charge is 2.34. The maximum atomic E-state index is 12.6. The average Bonchev–Trinajstić information content (AvgIpc) is 2.93. The van der Waals surface area contributed by atoms with Crippen molar-refractivity contribution in [2.45, 2.75) is 18.9 Å². The molecule has 0 aromatic heterocycles. The topological polar surface area (TPSA) is 92.7 Å². The lowest BCUT2D eigenvalue weighted by Gasteiger charge is -2.37. The summed E-state index contributed by atoms with van der Waals surface area (Å²) >= 11 is 0. The first-order chi connectivity index (χ1) is 10.1. The molecule has 7 nitrogen and oxygen atoms in total. The van der Waals surface area contributed by atoms with Crippen molar-refractivity contribution >= 4 is 17.3 Å². The predicted octanol–water partition coefficient (Wildman–Crippen LogP) is 1.10. The minimum absolute atomic E-state index is 0.0893. The molecule has 2 N–H and O–H groups in total. The molecular weight excluding hydrogens is 272 g/mol. The first kappa shape index (κ1) is 13.8. The summed E-state index contributed by atoms with van der Waals surface area (Å²) in [6.07, 6.45) is 2.24. The average molecular weight is 290 g/mol. The molecule has 7 heteroatoms. The van der Waals surface area contributed by atoms with Gasteiger partial charge in [0.2, 0.25) is 0 Å². The van der Waals surface area contributed by atoms with Gasteiger partial charge in [0, 0.05) is 37.4 Å². The zero-order valence-electron chi connectivity index (χ0n) is 11.7. The zero-order valence-corrected chi connectivity index (χ0v) is 11.7. The first-order valence-corrected chi connectivity index (χ1v) is 7.13. The van der Waals surface area contributed by atoms with E-state index in [-0.39, 0.29) is 17.2 Å². The number of nitrogen functional groups attached to an aromatic ring is 1. The first-order valence-electron chi connectivity index (χ1n) is 7.13. The number of rotatable bonds is 2. The van der Waals surface area contributed by atoms with E-state index in [9.17, 15) is 14.9 Å². The molecule has 1 amide bonds. The molecule has 1 atom stereocenters. The van der Waals surface area contributed by atoms with Gasteiger partial charge in [-0.15, -0.1) is 0 Å². The fraction of sp³-hybridized carbons (Fsp3) is 0.500. The summed E-state index contributed by atoms with van der Waals surface area (Å²) in [4.78, 5) is 27.3. The Bertz CT molecular complexity index is 590. The maximum absolute atomic E-state index is 12.6. The number of nitro benzene ring substituents is 1. The van der Waals surface area contributed by atoms with E-state index in [0.29, 0.717) is 24.8 Å². The van der Waals surface area contributed by atoms with Crippen molar-refractivity contribution in [2.75, 3.05) is 31.9 Å². The monoisotopic (exact) mass is 290 g/mol. The third kappa shape index (κ3) is 2.56. The lowest BCUT2D eigenvalue weighted by atomic mass is 10.1. The summed E-state index contributed by atoms with van der Waals surface area (Å²) in [5.74, 6) is -0.291. The Balaban J connectivity index is 1.85. The second-order valence-corrected chi connectivity index (χ2v) is 5.62. The van der Waals surface area contributed by atoms with Gasteiger partial charge in [-0.05, 0) is 31.5 Å². The Morgan fingerprint density at radius 1 is 1.33 bits per heavy atom. The number of anilines is 1. The number of piperazine rings is 1. The fourth-order valence-electron chi connectivity index (χ4n) is 3.23. The van der Waals surface area contributed by atoms with Crippen molar-refractivity contribution < 1.29 is 9.72 Å². The normalized spacial score (nSPS) is 22.1. The minimum atomic E-state index is -0.529. The van der Waals surface area contributed by atoms with Gasteiger partial charge in [-0.3, -0.25) is 19.8 Å². The Morgan fingerprint density at radius 2 is 2.14 bits per heavy atom. The molecule has 0 radical (unpaired) electrons. The van der Waals surface area contributed by atoms with E-state index in [4.69, 9.17) is 5.73 Å². The molecular formula is C14H18N4O3. The van der Waals surface area contributed by atoms with Crippen LogP contribution in [0, 0.1) is 10.1 Å². The van der Waals surface area contributed by atoms with Crippen LogP contribution in [0.25, 0.3) is 0 Å². The molecule has 1 aromatic rings. The van der Waals surface area contributed by atoms with Crippen LogP contribution < -0.4 is 5.73 Å². The number of hydrogen-bond donors (Lipinski definition) is 1. The molecule has 21 heavy (non-hydrogen) atoms. The molecule has 1 unspecified atom stereocenters. The van der Waals surface area contributed by atoms with Crippen LogP contribution in [0.1, 0.15) is 23.2 Å². The molecule has 0 bridgehead atoms. The number of amides is 1. The van der Waals surface area contributed by atoms with Crippen LogP contribution in [0.2, 0.25) is 0 Å². The van der Waals surface area contributed by atoms with Gasteiger partial charge in [-0.1, -0.05) is 0 Å². The minimum Gasteiger partial charge on any atom is -0.399 e. The largest absolute Gasteiger partial charge is 0.399 e. The number of carbonyl (C=O) groups is 1. The lowest BCUT2D eigenvalue weighted by molar-refractivity contribution is -0.385. The molecule has 0 saturated carbocycles. The van der Waals surface area contributed by atoms with Crippen molar-refractivity contribution in [1.82, 2.24) is 9.80 Å². The smallest absolute Gasteiger partial charge is 0.282 e. The number of fused-ring (bicyclic) bond motifs is 1. The van der Waals surface area contributed by atoms with E-state index in [1.165, 1.54) is 18.2 Å². The predicted molar refractivity (Wildman–Crippen MR) is 78.0 cm³/mol. The summed E-state index contributed by atoms with van der Waals surface area (Å²) in [5, 5.41) is 11.1. The van der Waals surface area contributed by atoms with Crippen molar-refractivity contribution in [1.29, 1.82) is 0 Å². The van der Waals surface area contributed by atoms with E-state index in [0.717, 1.165) is 25.9 Å². The van der Waals surface area contributed by atoms with Gasteiger partial charge in [0.05, 0.1) is 4.92 Å². The summed E-state index contributed by atoms with van der Waals surface area (Å²) in [6.45, 7) is 3.18. The number of carbonyl (C=O) groups excluding carboxylic acids is 1. The standard InChI is InChI=1S/C14H18N4O3/c15-10-3-4-13(18(20)21)12(8-10)14(19)17-7-6-16-5-1-2-11(16)9-17/h3-4,8,11H,1-2,5-7,9,15H2. The van der Waals surface area contributed by atoms with Gasteiger partial charge in [-0.25, -0.2) is 0 Å². The molecule has 3 rings (SSSR count). The number of benzene rings is 1. The van der Waals surface area contributed by atoms with Crippen LogP contribution in [0.4, 0.5) is 11.4 Å². The van der Waals surface area contributed by atoms with E-state index < -0.39 is 4.92 Å². The lowest BCUT2D eigenvalue weighted by Crippen LogP contribution is -2.52. The third-order valence-corrected chi connectivity index (χ3v) is 4.32. The Kier molecular flexibility index (Phi) is 3.50. The van der Waals surface area contributed by atoms with Gasteiger partial charge in [0.1, 0.15) is 5.56 Å². The second kappa shape index (κ2) is 5.33. The molecule has 2 heterocycles. The van der Waals surface area contributed by atoms with Gasteiger partial charge in [0.15, 0.2) is 0 Å². The SMILES string of the molecule is Nc1ccc([N+](=O)[O-])c(C(=O)N2CCN3CCCC3C2)c1. The zero-order chi connectivity index (χ0) is 15.0. The van der Waals surface area contributed by atoms with Crippen LogP contribution in [-0.2, 0) is 0 Å². The molecule has 2 aliphatic rings. The van der Waals surface area contributed by atoms with E-state index in [1.54, 1.807) is 4.90 Å². The number of nitro groups is 1. The second-order valence-electron chi connectivity index (χ2n) is 5.62. The Hall–Kier alpha value is -2.15. The van der Waals surface area contributed by atoms with Crippen molar-refractivity contribution in [2.24, 2.45) is 0 Å². The summed E-state index contributed by atoms with van der Waals surface area (Å²) in [7, 11) is 0. The van der Waals surface area contributed by atoms with Gasteiger partial charge < -0.3 is 10.6 Å². The fourth-order valence-corrected chi connectivity index (χ4v) is 3.23. The molecule has 1 aromatic carbocycles. The summed E-state index contributed by atoms with van der Waals surface area (Å²) < 4.78 is 0. The van der Waals surface area contributed by atoms with Crippen molar-refractivity contribution in [3.8, 4) is 0 Å². The van der Waals surface area contributed by atoms with Crippen LogP contribution in [0.5, 0.6) is 0 Å². The maximum Gasteiger partial charge on any atom is 0.282 e. The molecule has 2 saturated heterocycles. The third-order valence-electron chi connectivity index (χ3n) is 4.32. The molecule has 112 valence electrons. The summed E-state index contributed by atoms with van der Waals surface area (Å²) in [5.41, 5.74) is 5.95. The quantitative estimate of drug-likeness (QED) is 0.500. The van der Waals surface area contributed by atoms with Crippen LogP contribution >= 0.6 is 0 Å². The highest BCUT2D eigenvalue weighted by atomic mass is 16.6. The number of hydrogen-bond acceptors (Lipinski definition) is 5. The number of nitrogens with two attached hydrogens (primary N) is 1. The highest BCUT2D eigenvalue weighted by Crippen LogP contribution is 2.26. The van der Waals surface area contributed by atoms with Gasteiger partial charge in [-0.2, -0.15) is 0 Å². The van der Waals surface area contributed by atoms with E-state index in [2.05, 4.69) is 4.90 Å². The number of nitrogens with zero attached hydrogens (tertiary/aromatic N) is 3. The van der Waals surface area contributed by atoms with Gasteiger partial charge >= 0.3 is 0 Å². The molecule has 2 aliphatic heterocycles. The van der Waals surface area contributed by atoms with E-state index >= 15 is 0 Å². The van der Waals surface area contributed by atoms with Crippen LogP contribution in [0.3, 0.4) is 0 Å². The molecule has 0 aliphatic carbocycles. The Labute approximate surface area is 122 Å². The highest BCUT2D eigenvalue weighted by molar-refractivity contribution is 5.99. The van der Waals surface area contributed by atoms with Crippen LogP contribution in [0.15, 0.2) is 18.2 Å². The molecule has 0 spiro atoms. The van der Waals surface area contributed by atoms with Gasteiger partial charge in [0.25, 0.3) is 11.6 Å².